The van der Waals surface area contributed by atoms with Crippen LogP contribution in [-0.2, 0) is 6.42 Å². The monoisotopic (exact) mass is 354 g/mol. The highest BCUT2D eigenvalue weighted by Crippen LogP contribution is 2.22. The molecule has 1 atom stereocenters. The van der Waals surface area contributed by atoms with Crippen LogP contribution in [0.3, 0.4) is 0 Å². The number of hydrogen-bond donors (Lipinski definition) is 2. The molecule has 0 spiro atoms. The summed E-state index contributed by atoms with van der Waals surface area (Å²) in [5, 5.41) is 12.2. The molecule has 0 aliphatic heterocycles. The van der Waals surface area contributed by atoms with E-state index in [0.717, 1.165) is 23.5 Å². The first-order valence-corrected chi connectivity index (χ1v) is 9.08. The Balaban J connectivity index is 1.69. The van der Waals surface area contributed by atoms with E-state index in [-0.39, 0.29) is 11.9 Å². The van der Waals surface area contributed by atoms with Crippen LogP contribution in [0.4, 0.5) is 0 Å². The molecule has 0 aliphatic carbocycles. The van der Waals surface area contributed by atoms with E-state index in [1.54, 1.807) is 17.4 Å². The molecule has 6 heteroatoms. The van der Waals surface area contributed by atoms with Gasteiger partial charge in [-0.1, -0.05) is 36.4 Å². The summed E-state index contributed by atoms with van der Waals surface area (Å²) in [6.45, 7) is 0.767. The van der Waals surface area contributed by atoms with Crippen LogP contribution in [0.2, 0.25) is 0 Å². The molecule has 1 amide bonds. The van der Waals surface area contributed by atoms with Crippen molar-refractivity contribution >= 4 is 17.2 Å². The molecule has 25 heavy (non-hydrogen) atoms. The van der Waals surface area contributed by atoms with Gasteiger partial charge in [-0.25, -0.2) is 0 Å². The number of nitrogens with one attached hydrogen (secondary N) is 2. The van der Waals surface area contributed by atoms with Crippen molar-refractivity contribution in [2.24, 2.45) is 0 Å². The summed E-state index contributed by atoms with van der Waals surface area (Å²) in [5.74, 6) is -0.151. The number of H-pyrrole nitrogens is 1. The van der Waals surface area contributed by atoms with Gasteiger partial charge in [-0.2, -0.15) is 5.10 Å². The zero-order valence-corrected chi connectivity index (χ0v) is 15.2. The molecule has 0 saturated heterocycles. The molecule has 0 radical (unpaired) electrons. The quantitative estimate of drug-likeness (QED) is 0.686. The van der Waals surface area contributed by atoms with Gasteiger partial charge >= 0.3 is 0 Å². The number of nitrogens with zero attached hydrogens (tertiary/aromatic N) is 2. The number of hydrogen-bond acceptors (Lipinski definition) is 4. The minimum atomic E-state index is -0.151. The summed E-state index contributed by atoms with van der Waals surface area (Å²) in [6.07, 6.45) is 0.785. The first kappa shape index (κ1) is 17.4. The van der Waals surface area contributed by atoms with Crippen LogP contribution in [0.25, 0.3) is 10.6 Å². The molecule has 0 saturated carbocycles. The van der Waals surface area contributed by atoms with Gasteiger partial charge in [0.05, 0.1) is 10.6 Å². The highest BCUT2D eigenvalue weighted by atomic mass is 32.1. The van der Waals surface area contributed by atoms with Crippen molar-refractivity contribution in [3.05, 3.63) is 65.2 Å². The van der Waals surface area contributed by atoms with Gasteiger partial charge < -0.3 is 10.2 Å². The van der Waals surface area contributed by atoms with Gasteiger partial charge in [0.2, 0.25) is 0 Å². The van der Waals surface area contributed by atoms with Crippen LogP contribution in [-0.4, -0.2) is 47.7 Å². The predicted molar refractivity (Wildman–Crippen MR) is 102 cm³/mol. The van der Waals surface area contributed by atoms with Gasteiger partial charge in [-0.3, -0.25) is 9.89 Å². The molecular formula is C19H22N4OS. The van der Waals surface area contributed by atoms with Crippen molar-refractivity contribution in [3.8, 4) is 10.6 Å². The van der Waals surface area contributed by atoms with Crippen LogP contribution in [0.1, 0.15) is 16.1 Å². The van der Waals surface area contributed by atoms with Gasteiger partial charge in [-0.15, -0.1) is 11.3 Å². The molecule has 1 aromatic carbocycles. The first-order chi connectivity index (χ1) is 12.1. The maximum Gasteiger partial charge on any atom is 0.272 e. The Kier molecular flexibility index (Phi) is 5.63. The number of carbonyl (C=O) groups excluding carboxylic acids is 1. The molecule has 2 heterocycles. The lowest BCUT2D eigenvalue weighted by Gasteiger charge is -2.22. The normalized spacial score (nSPS) is 12.3. The van der Waals surface area contributed by atoms with E-state index in [4.69, 9.17) is 0 Å². The number of aromatic amines is 1. The average Bonchev–Trinajstić information content (AvgIpc) is 3.26. The van der Waals surface area contributed by atoms with Gasteiger partial charge in [-0.05, 0) is 43.6 Å². The standard InChI is InChI=1S/C19H22N4OS/c1-23(2)13-15(11-14-7-4-3-5-8-14)20-19(24)17-12-16(21-22-17)18-9-6-10-25-18/h3-10,12,15H,11,13H2,1-2H3,(H,20,24)(H,21,22). The number of thiophene rings is 1. The Bertz CT molecular complexity index is 796. The summed E-state index contributed by atoms with van der Waals surface area (Å²) in [6, 6.07) is 16.0. The summed E-state index contributed by atoms with van der Waals surface area (Å²) in [5.41, 5.74) is 2.49. The van der Waals surface area contributed by atoms with E-state index in [9.17, 15) is 4.79 Å². The Morgan fingerprint density at radius 3 is 2.72 bits per heavy atom. The maximum absolute atomic E-state index is 12.6. The Morgan fingerprint density at radius 1 is 1.24 bits per heavy atom. The Hall–Kier alpha value is -2.44. The van der Waals surface area contributed by atoms with E-state index in [2.05, 4.69) is 32.5 Å². The molecule has 3 aromatic rings. The fourth-order valence-electron chi connectivity index (χ4n) is 2.76. The molecule has 130 valence electrons. The van der Waals surface area contributed by atoms with Gasteiger partial charge in [0.25, 0.3) is 5.91 Å². The average molecular weight is 354 g/mol. The Labute approximate surface area is 151 Å². The lowest BCUT2D eigenvalue weighted by atomic mass is 10.1. The van der Waals surface area contributed by atoms with Crippen molar-refractivity contribution in [1.29, 1.82) is 0 Å². The first-order valence-electron chi connectivity index (χ1n) is 8.20. The molecule has 2 aromatic heterocycles. The van der Waals surface area contributed by atoms with Crippen molar-refractivity contribution in [3.63, 3.8) is 0 Å². The summed E-state index contributed by atoms with van der Waals surface area (Å²) in [7, 11) is 4.02. The van der Waals surface area contributed by atoms with E-state index in [0.29, 0.717) is 5.69 Å². The van der Waals surface area contributed by atoms with E-state index >= 15 is 0 Å². The zero-order chi connectivity index (χ0) is 17.6. The molecule has 0 aliphatic rings. The highest BCUT2D eigenvalue weighted by molar-refractivity contribution is 7.13. The van der Waals surface area contributed by atoms with Gasteiger partial charge in [0.1, 0.15) is 0 Å². The number of benzene rings is 1. The second kappa shape index (κ2) is 8.09. The largest absolute Gasteiger partial charge is 0.346 e. The minimum absolute atomic E-state index is 0.0202. The molecule has 0 fully saturated rings. The van der Waals surface area contributed by atoms with Gasteiger partial charge in [0.15, 0.2) is 5.69 Å². The summed E-state index contributed by atoms with van der Waals surface area (Å²) in [4.78, 5) is 15.7. The third-order valence-electron chi connectivity index (χ3n) is 3.84. The van der Waals surface area contributed by atoms with Gasteiger partial charge in [0, 0.05) is 12.6 Å². The van der Waals surface area contributed by atoms with E-state index in [1.807, 2.05) is 49.8 Å². The second-order valence-electron chi connectivity index (χ2n) is 6.27. The van der Waals surface area contributed by atoms with Crippen LogP contribution in [0, 0.1) is 0 Å². The number of amides is 1. The lowest BCUT2D eigenvalue weighted by Crippen LogP contribution is -2.43. The van der Waals surface area contributed by atoms with Crippen molar-refractivity contribution < 1.29 is 4.79 Å². The van der Waals surface area contributed by atoms with Crippen LogP contribution in [0.5, 0.6) is 0 Å². The number of aromatic nitrogens is 2. The predicted octanol–water partition coefficient (Wildman–Crippen LogP) is 3.04. The number of rotatable bonds is 7. The summed E-state index contributed by atoms with van der Waals surface area (Å²) < 4.78 is 0. The van der Waals surface area contributed by atoms with Crippen LogP contribution >= 0.6 is 11.3 Å². The molecule has 3 rings (SSSR count). The van der Waals surface area contributed by atoms with Crippen molar-refractivity contribution in [2.75, 3.05) is 20.6 Å². The third-order valence-corrected chi connectivity index (χ3v) is 4.75. The topological polar surface area (TPSA) is 61.0 Å². The molecule has 0 bridgehead atoms. The van der Waals surface area contributed by atoms with E-state index in [1.165, 1.54) is 5.56 Å². The number of carbonyl (C=O) groups is 1. The number of likely N-dealkylation sites (N-methyl/N-ethyl adjacent to an activating group) is 1. The SMILES string of the molecule is CN(C)CC(Cc1ccccc1)NC(=O)c1cc(-c2cccs2)[nH]n1. The fraction of sp³-hybridized carbons (Fsp3) is 0.263. The highest BCUT2D eigenvalue weighted by Gasteiger charge is 2.18. The maximum atomic E-state index is 12.6. The minimum Gasteiger partial charge on any atom is -0.346 e. The summed E-state index contributed by atoms with van der Waals surface area (Å²) >= 11 is 1.62. The van der Waals surface area contributed by atoms with Crippen LogP contribution in [0.15, 0.2) is 53.9 Å². The lowest BCUT2D eigenvalue weighted by molar-refractivity contribution is 0.0925. The van der Waals surface area contributed by atoms with Crippen LogP contribution < -0.4 is 5.32 Å². The Morgan fingerprint density at radius 2 is 2.04 bits per heavy atom. The molecule has 2 N–H and O–H groups in total. The van der Waals surface area contributed by atoms with Crippen molar-refractivity contribution in [2.45, 2.75) is 12.5 Å². The molecular weight excluding hydrogens is 332 g/mol. The fourth-order valence-corrected chi connectivity index (χ4v) is 3.45. The zero-order valence-electron chi connectivity index (χ0n) is 14.4. The third kappa shape index (κ3) is 4.78. The van der Waals surface area contributed by atoms with E-state index < -0.39 is 0 Å². The molecule has 5 nitrogen and oxygen atoms in total. The van der Waals surface area contributed by atoms with Crippen molar-refractivity contribution in [1.82, 2.24) is 20.4 Å². The smallest absolute Gasteiger partial charge is 0.272 e. The molecule has 1 unspecified atom stereocenters. The second-order valence-corrected chi connectivity index (χ2v) is 7.21.